The van der Waals surface area contributed by atoms with E-state index in [0.29, 0.717) is 17.7 Å². The molecule has 3 nitrogen and oxygen atoms in total. The van der Waals surface area contributed by atoms with Crippen LogP contribution in [0.1, 0.15) is 38.2 Å². The molecule has 88 valence electrons. The fourth-order valence-corrected chi connectivity index (χ4v) is 2.31. The number of aryl methyl sites for hydroxylation is 1. The molecule has 1 aliphatic carbocycles. The number of aromatic nitrogens is 1. The SMILES string of the molecule is Cc1cc(N)cnc1OC1CCCCC1C. The lowest BCUT2D eigenvalue weighted by molar-refractivity contribution is 0.0968. The number of ether oxygens (including phenoxy) is 1. The molecule has 0 bridgehead atoms. The highest BCUT2D eigenvalue weighted by Crippen LogP contribution is 2.28. The first kappa shape index (κ1) is 11.2. The van der Waals surface area contributed by atoms with Gasteiger partial charge in [0.15, 0.2) is 0 Å². The quantitative estimate of drug-likeness (QED) is 0.833. The Balaban J connectivity index is 2.07. The minimum atomic E-state index is 0.323. The van der Waals surface area contributed by atoms with Crippen LogP contribution in [-0.2, 0) is 0 Å². The minimum absolute atomic E-state index is 0.323. The molecular weight excluding hydrogens is 200 g/mol. The van der Waals surface area contributed by atoms with Crippen LogP contribution in [0, 0.1) is 12.8 Å². The molecule has 1 aromatic heterocycles. The van der Waals surface area contributed by atoms with Gasteiger partial charge in [-0.3, -0.25) is 0 Å². The molecular formula is C13H20N2O. The van der Waals surface area contributed by atoms with Gasteiger partial charge in [-0.1, -0.05) is 13.3 Å². The number of hydrogen-bond donors (Lipinski definition) is 1. The molecule has 2 atom stereocenters. The summed E-state index contributed by atoms with van der Waals surface area (Å²) in [5, 5.41) is 0. The van der Waals surface area contributed by atoms with Crippen molar-refractivity contribution in [2.24, 2.45) is 5.92 Å². The Morgan fingerprint density at radius 3 is 2.81 bits per heavy atom. The Bertz CT molecular complexity index is 365. The average Bonchev–Trinajstić information content (AvgIpc) is 2.25. The van der Waals surface area contributed by atoms with Crippen LogP contribution >= 0.6 is 0 Å². The summed E-state index contributed by atoms with van der Waals surface area (Å²) < 4.78 is 5.99. The molecule has 1 fully saturated rings. The standard InChI is InChI=1S/C13H20N2O/c1-9-5-3-4-6-12(9)16-13-10(2)7-11(14)8-15-13/h7-9,12H,3-6,14H2,1-2H3. The second-order valence-corrected chi connectivity index (χ2v) is 4.81. The highest BCUT2D eigenvalue weighted by molar-refractivity contribution is 5.41. The van der Waals surface area contributed by atoms with E-state index < -0.39 is 0 Å². The zero-order valence-electron chi connectivity index (χ0n) is 10.1. The van der Waals surface area contributed by atoms with Gasteiger partial charge >= 0.3 is 0 Å². The Morgan fingerprint density at radius 1 is 1.38 bits per heavy atom. The molecule has 0 spiro atoms. The van der Waals surface area contributed by atoms with Gasteiger partial charge in [-0.15, -0.1) is 0 Å². The molecule has 1 aliphatic rings. The monoisotopic (exact) mass is 220 g/mol. The summed E-state index contributed by atoms with van der Waals surface area (Å²) in [6.45, 7) is 4.25. The maximum atomic E-state index is 5.99. The first-order valence-corrected chi connectivity index (χ1v) is 6.05. The average molecular weight is 220 g/mol. The van der Waals surface area contributed by atoms with Crippen LogP contribution < -0.4 is 10.5 Å². The van der Waals surface area contributed by atoms with Crippen LogP contribution in [0.25, 0.3) is 0 Å². The van der Waals surface area contributed by atoms with Crippen molar-refractivity contribution in [2.45, 2.75) is 45.6 Å². The Morgan fingerprint density at radius 2 is 2.12 bits per heavy atom. The molecule has 3 heteroatoms. The highest BCUT2D eigenvalue weighted by Gasteiger charge is 2.23. The molecule has 0 aromatic carbocycles. The molecule has 2 N–H and O–H groups in total. The van der Waals surface area contributed by atoms with Crippen molar-refractivity contribution in [1.82, 2.24) is 4.98 Å². The van der Waals surface area contributed by atoms with E-state index in [4.69, 9.17) is 10.5 Å². The predicted molar refractivity (Wildman–Crippen MR) is 65.4 cm³/mol. The van der Waals surface area contributed by atoms with E-state index >= 15 is 0 Å². The van der Waals surface area contributed by atoms with Gasteiger partial charge in [0.2, 0.25) is 5.88 Å². The maximum Gasteiger partial charge on any atom is 0.216 e. The van der Waals surface area contributed by atoms with Gasteiger partial charge in [-0.2, -0.15) is 0 Å². The zero-order chi connectivity index (χ0) is 11.5. The molecule has 1 saturated carbocycles. The van der Waals surface area contributed by atoms with Gasteiger partial charge < -0.3 is 10.5 Å². The first-order valence-electron chi connectivity index (χ1n) is 6.05. The van der Waals surface area contributed by atoms with E-state index in [2.05, 4.69) is 11.9 Å². The van der Waals surface area contributed by atoms with Gasteiger partial charge in [-0.25, -0.2) is 4.98 Å². The third-order valence-corrected chi connectivity index (χ3v) is 3.35. The number of nitrogen functional groups attached to an aromatic ring is 1. The number of rotatable bonds is 2. The van der Waals surface area contributed by atoms with E-state index in [0.717, 1.165) is 17.9 Å². The molecule has 0 saturated heterocycles. The van der Waals surface area contributed by atoms with Crippen LogP contribution in [0.4, 0.5) is 5.69 Å². The molecule has 0 aliphatic heterocycles. The third-order valence-electron chi connectivity index (χ3n) is 3.35. The number of pyridine rings is 1. The largest absolute Gasteiger partial charge is 0.474 e. The molecule has 1 heterocycles. The van der Waals surface area contributed by atoms with Crippen molar-refractivity contribution in [3.8, 4) is 5.88 Å². The Kier molecular flexibility index (Phi) is 3.32. The lowest BCUT2D eigenvalue weighted by Gasteiger charge is -2.29. The summed E-state index contributed by atoms with van der Waals surface area (Å²) in [4.78, 5) is 4.26. The smallest absolute Gasteiger partial charge is 0.216 e. The fraction of sp³-hybridized carbons (Fsp3) is 0.615. The van der Waals surface area contributed by atoms with Crippen molar-refractivity contribution in [3.63, 3.8) is 0 Å². The maximum absolute atomic E-state index is 5.99. The number of nitrogens with zero attached hydrogens (tertiary/aromatic N) is 1. The normalized spacial score (nSPS) is 25.4. The summed E-state index contributed by atoms with van der Waals surface area (Å²) >= 11 is 0. The molecule has 0 amide bonds. The predicted octanol–water partition coefficient (Wildman–Crippen LogP) is 2.93. The number of anilines is 1. The van der Waals surface area contributed by atoms with E-state index in [-0.39, 0.29) is 0 Å². The second kappa shape index (κ2) is 4.73. The van der Waals surface area contributed by atoms with E-state index in [9.17, 15) is 0 Å². The molecule has 16 heavy (non-hydrogen) atoms. The molecule has 0 radical (unpaired) electrons. The van der Waals surface area contributed by atoms with Crippen molar-refractivity contribution < 1.29 is 4.74 Å². The molecule has 2 rings (SSSR count). The second-order valence-electron chi connectivity index (χ2n) is 4.81. The van der Waals surface area contributed by atoms with Crippen molar-refractivity contribution in [3.05, 3.63) is 17.8 Å². The Labute approximate surface area is 97.0 Å². The van der Waals surface area contributed by atoms with Crippen LogP contribution in [0.5, 0.6) is 5.88 Å². The number of hydrogen-bond acceptors (Lipinski definition) is 3. The first-order chi connectivity index (χ1) is 7.66. The lowest BCUT2D eigenvalue weighted by atomic mass is 9.88. The third kappa shape index (κ3) is 2.46. The highest BCUT2D eigenvalue weighted by atomic mass is 16.5. The van der Waals surface area contributed by atoms with Crippen LogP contribution in [0.15, 0.2) is 12.3 Å². The van der Waals surface area contributed by atoms with Gasteiger partial charge in [-0.05, 0) is 38.2 Å². The van der Waals surface area contributed by atoms with Crippen molar-refractivity contribution in [1.29, 1.82) is 0 Å². The minimum Gasteiger partial charge on any atom is -0.474 e. The van der Waals surface area contributed by atoms with Gasteiger partial charge in [0.1, 0.15) is 6.10 Å². The van der Waals surface area contributed by atoms with Crippen LogP contribution in [0.3, 0.4) is 0 Å². The number of nitrogens with two attached hydrogens (primary N) is 1. The topological polar surface area (TPSA) is 48.1 Å². The Hall–Kier alpha value is -1.25. The summed E-state index contributed by atoms with van der Waals surface area (Å²) in [6, 6.07) is 1.91. The van der Waals surface area contributed by atoms with E-state index in [1.165, 1.54) is 19.3 Å². The van der Waals surface area contributed by atoms with Crippen molar-refractivity contribution >= 4 is 5.69 Å². The summed E-state index contributed by atoms with van der Waals surface area (Å²) in [7, 11) is 0. The van der Waals surface area contributed by atoms with Gasteiger partial charge in [0.25, 0.3) is 0 Å². The van der Waals surface area contributed by atoms with Gasteiger partial charge in [0.05, 0.1) is 11.9 Å². The van der Waals surface area contributed by atoms with Crippen LogP contribution in [-0.4, -0.2) is 11.1 Å². The lowest BCUT2D eigenvalue weighted by Crippen LogP contribution is -2.28. The summed E-state index contributed by atoms with van der Waals surface area (Å²) in [6.07, 6.45) is 6.99. The van der Waals surface area contributed by atoms with E-state index in [1.54, 1.807) is 6.20 Å². The van der Waals surface area contributed by atoms with E-state index in [1.807, 2.05) is 13.0 Å². The zero-order valence-corrected chi connectivity index (χ0v) is 10.1. The van der Waals surface area contributed by atoms with Crippen molar-refractivity contribution in [2.75, 3.05) is 5.73 Å². The summed E-state index contributed by atoms with van der Waals surface area (Å²) in [5.41, 5.74) is 7.39. The summed E-state index contributed by atoms with van der Waals surface area (Å²) in [5.74, 6) is 1.38. The molecule has 1 aromatic rings. The van der Waals surface area contributed by atoms with Gasteiger partial charge in [0, 0.05) is 5.56 Å². The fourth-order valence-electron chi connectivity index (χ4n) is 2.31. The van der Waals surface area contributed by atoms with Crippen LogP contribution in [0.2, 0.25) is 0 Å². The molecule has 2 unspecified atom stereocenters.